The SMILES string of the molecule is CNC(=O)C1(C)CCN(C(=O)Cn2cc(CN)nn2)C1. The van der Waals surface area contributed by atoms with Crippen molar-refractivity contribution in [2.75, 3.05) is 20.1 Å². The molecule has 0 aromatic carbocycles. The van der Waals surface area contributed by atoms with Gasteiger partial charge in [0.2, 0.25) is 11.8 Å². The molecule has 110 valence electrons. The third kappa shape index (κ3) is 2.79. The lowest BCUT2D eigenvalue weighted by atomic mass is 9.89. The molecule has 1 aliphatic heterocycles. The molecule has 1 aliphatic rings. The predicted molar refractivity (Wildman–Crippen MR) is 71.3 cm³/mol. The third-order valence-electron chi connectivity index (χ3n) is 3.69. The van der Waals surface area contributed by atoms with Crippen molar-refractivity contribution in [2.45, 2.75) is 26.4 Å². The molecule has 1 saturated heterocycles. The Balaban J connectivity index is 1.96. The van der Waals surface area contributed by atoms with Crippen LogP contribution in [0.5, 0.6) is 0 Å². The quantitative estimate of drug-likeness (QED) is 0.714. The van der Waals surface area contributed by atoms with E-state index in [9.17, 15) is 9.59 Å². The number of aromatic nitrogens is 3. The summed E-state index contributed by atoms with van der Waals surface area (Å²) in [5, 5.41) is 10.3. The number of nitrogens with two attached hydrogens (primary N) is 1. The Labute approximate surface area is 117 Å². The molecule has 2 heterocycles. The van der Waals surface area contributed by atoms with Crippen molar-refractivity contribution >= 4 is 11.8 Å². The molecule has 8 heteroatoms. The minimum atomic E-state index is -0.505. The molecule has 0 spiro atoms. The summed E-state index contributed by atoms with van der Waals surface area (Å²) in [5.74, 6) is -0.0925. The van der Waals surface area contributed by atoms with Crippen molar-refractivity contribution in [3.8, 4) is 0 Å². The van der Waals surface area contributed by atoms with Gasteiger partial charge in [-0.1, -0.05) is 5.21 Å². The smallest absolute Gasteiger partial charge is 0.244 e. The van der Waals surface area contributed by atoms with Crippen LogP contribution in [0.15, 0.2) is 6.20 Å². The predicted octanol–water partition coefficient (Wildman–Crippen LogP) is -1.28. The lowest BCUT2D eigenvalue weighted by molar-refractivity contribution is -0.133. The first kappa shape index (κ1) is 14.4. The molecule has 0 radical (unpaired) electrons. The second-order valence-corrected chi connectivity index (χ2v) is 5.32. The number of rotatable bonds is 4. The van der Waals surface area contributed by atoms with E-state index in [1.54, 1.807) is 18.1 Å². The number of amides is 2. The molecular weight excluding hydrogens is 260 g/mol. The molecule has 3 N–H and O–H groups in total. The highest BCUT2D eigenvalue weighted by atomic mass is 16.2. The van der Waals surface area contributed by atoms with Crippen molar-refractivity contribution in [2.24, 2.45) is 11.1 Å². The molecule has 1 fully saturated rings. The second kappa shape index (κ2) is 5.58. The van der Waals surface area contributed by atoms with Crippen LogP contribution in [0.4, 0.5) is 0 Å². The highest BCUT2D eigenvalue weighted by molar-refractivity contribution is 5.84. The topological polar surface area (TPSA) is 106 Å². The first-order valence-electron chi connectivity index (χ1n) is 6.57. The summed E-state index contributed by atoms with van der Waals surface area (Å²) in [6, 6.07) is 0. The van der Waals surface area contributed by atoms with Gasteiger partial charge >= 0.3 is 0 Å². The second-order valence-electron chi connectivity index (χ2n) is 5.32. The molecule has 0 bridgehead atoms. The third-order valence-corrected chi connectivity index (χ3v) is 3.69. The van der Waals surface area contributed by atoms with E-state index in [4.69, 9.17) is 5.73 Å². The molecular formula is C12H20N6O2. The fourth-order valence-corrected chi connectivity index (χ4v) is 2.41. The molecule has 1 unspecified atom stereocenters. The Bertz CT molecular complexity index is 514. The molecule has 1 aromatic rings. The highest BCUT2D eigenvalue weighted by Gasteiger charge is 2.41. The first-order chi connectivity index (χ1) is 9.48. The van der Waals surface area contributed by atoms with Crippen LogP contribution in [0.1, 0.15) is 19.0 Å². The van der Waals surface area contributed by atoms with Crippen molar-refractivity contribution in [3.63, 3.8) is 0 Å². The van der Waals surface area contributed by atoms with Gasteiger partial charge in [-0.2, -0.15) is 0 Å². The Morgan fingerprint density at radius 3 is 2.90 bits per heavy atom. The zero-order valence-electron chi connectivity index (χ0n) is 11.8. The maximum absolute atomic E-state index is 12.2. The molecule has 0 saturated carbocycles. The van der Waals surface area contributed by atoms with Gasteiger partial charge in [0.05, 0.1) is 17.3 Å². The van der Waals surface area contributed by atoms with Crippen molar-refractivity contribution in [1.82, 2.24) is 25.2 Å². The van der Waals surface area contributed by atoms with Gasteiger partial charge in [-0.15, -0.1) is 5.10 Å². The number of likely N-dealkylation sites (tertiary alicyclic amines) is 1. The molecule has 1 aromatic heterocycles. The molecule has 2 amide bonds. The van der Waals surface area contributed by atoms with E-state index in [0.717, 1.165) is 0 Å². The fraction of sp³-hybridized carbons (Fsp3) is 0.667. The van der Waals surface area contributed by atoms with Gasteiger partial charge < -0.3 is 16.0 Å². The van der Waals surface area contributed by atoms with Gasteiger partial charge in [0.25, 0.3) is 0 Å². The normalized spacial score (nSPS) is 22.1. The van der Waals surface area contributed by atoms with E-state index in [-0.39, 0.29) is 18.4 Å². The minimum Gasteiger partial charge on any atom is -0.359 e. The van der Waals surface area contributed by atoms with Gasteiger partial charge in [-0.05, 0) is 13.3 Å². The molecule has 0 aliphatic carbocycles. The van der Waals surface area contributed by atoms with Crippen molar-refractivity contribution in [1.29, 1.82) is 0 Å². The highest BCUT2D eigenvalue weighted by Crippen LogP contribution is 2.30. The monoisotopic (exact) mass is 280 g/mol. The van der Waals surface area contributed by atoms with E-state index < -0.39 is 5.41 Å². The van der Waals surface area contributed by atoms with Crippen LogP contribution >= 0.6 is 0 Å². The van der Waals surface area contributed by atoms with Crippen LogP contribution in [0.2, 0.25) is 0 Å². The number of nitrogens with zero attached hydrogens (tertiary/aromatic N) is 4. The summed E-state index contributed by atoms with van der Waals surface area (Å²) in [6.45, 7) is 3.32. The summed E-state index contributed by atoms with van der Waals surface area (Å²) in [6.07, 6.45) is 2.33. The summed E-state index contributed by atoms with van der Waals surface area (Å²) in [4.78, 5) is 25.7. The largest absolute Gasteiger partial charge is 0.359 e. The fourth-order valence-electron chi connectivity index (χ4n) is 2.41. The van der Waals surface area contributed by atoms with Crippen LogP contribution in [0, 0.1) is 5.41 Å². The van der Waals surface area contributed by atoms with Crippen LogP contribution in [0.25, 0.3) is 0 Å². The van der Waals surface area contributed by atoms with Crippen LogP contribution < -0.4 is 11.1 Å². The van der Waals surface area contributed by atoms with Gasteiger partial charge in [0.15, 0.2) is 0 Å². The summed E-state index contributed by atoms with van der Waals surface area (Å²) < 4.78 is 1.47. The molecule has 20 heavy (non-hydrogen) atoms. The van der Waals surface area contributed by atoms with Crippen LogP contribution in [0.3, 0.4) is 0 Å². The lowest BCUT2D eigenvalue weighted by Gasteiger charge is -2.22. The zero-order chi connectivity index (χ0) is 14.8. The maximum Gasteiger partial charge on any atom is 0.244 e. The Morgan fingerprint density at radius 2 is 2.30 bits per heavy atom. The Morgan fingerprint density at radius 1 is 1.55 bits per heavy atom. The van der Waals surface area contributed by atoms with Gasteiger partial charge in [0.1, 0.15) is 6.54 Å². The van der Waals surface area contributed by atoms with Gasteiger partial charge in [-0.25, -0.2) is 4.68 Å². The van der Waals surface area contributed by atoms with Gasteiger partial charge in [0, 0.05) is 26.7 Å². The number of nitrogens with one attached hydrogen (secondary N) is 1. The number of hydrogen-bond acceptors (Lipinski definition) is 5. The van der Waals surface area contributed by atoms with E-state index in [0.29, 0.717) is 31.7 Å². The standard InChI is InChI=1S/C12H20N6O2/c1-12(11(20)14-2)3-4-17(8-12)10(19)7-18-6-9(5-13)15-16-18/h6H,3-5,7-8,13H2,1-2H3,(H,14,20). The minimum absolute atomic E-state index is 0.0287. The summed E-state index contributed by atoms with van der Waals surface area (Å²) in [7, 11) is 1.61. The summed E-state index contributed by atoms with van der Waals surface area (Å²) in [5.41, 5.74) is 5.59. The number of carbonyl (C=O) groups excluding carboxylic acids is 2. The van der Waals surface area contributed by atoms with E-state index in [1.165, 1.54) is 4.68 Å². The number of carbonyl (C=O) groups is 2. The van der Waals surface area contributed by atoms with Crippen LogP contribution in [-0.4, -0.2) is 51.8 Å². The van der Waals surface area contributed by atoms with Crippen LogP contribution in [-0.2, 0) is 22.7 Å². The Kier molecular flexibility index (Phi) is 4.03. The lowest BCUT2D eigenvalue weighted by Crippen LogP contribution is -2.41. The molecule has 1 atom stereocenters. The van der Waals surface area contributed by atoms with Gasteiger partial charge in [-0.3, -0.25) is 9.59 Å². The molecule has 8 nitrogen and oxygen atoms in total. The van der Waals surface area contributed by atoms with E-state index in [2.05, 4.69) is 15.6 Å². The average Bonchev–Trinajstić information content (AvgIpc) is 3.05. The number of hydrogen-bond donors (Lipinski definition) is 2. The van der Waals surface area contributed by atoms with Crippen molar-refractivity contribution in [3.05, 3.63) is 11.9 Å². The average molecular weight is 280 g/mol. The first-order valence-corrected chi connectivity index (χ1v) is 6.57. The van der Waals surface area contributed by atoms with E-state index in [1.807, 2.05) is 6.92 Å². The molecule has 2 rings (SSSR count). The van der Waals surface area contributed by atoms with E-state index >= 15 is 0 Å². The maximum atomic E-state index is 12.2. The Hall–Kier alpha value is -1.96. The van der Waals surface area contributed by atoms with Crippen molar-refractivity contribution < 1.29 is 9.59 Å². The zero-order valence-corrected chi connectivity index (χ0v) is 11.8. The summed E-state index contributed by atoms with van der Waals surface area (Å²) >= 11 is 0.